The highest BCUT2D eigenvalue weighted by Crippen LogP contribution is 2.30. The maximum atomic E-state index is 12.0. The van der Waals surface area contributed by atoms with Crippen LogP contribution >= 0.6 is 0 Å². The van der Waals surface area contributed by atoms with E-state index in [0.29, 0.717) is 0 Å². The van der Waals surface area contributed by atoms with Gasteiger partial charge >= 0.3 is 0 Å². The van der Waals surface area contributed by atoms with Crippen molar-refractivity contribution in [3.8, 4) is 5.75 Å². The van der Waals surface area contributed by atoms with Crippen molar-refractivity contribution >= 4 is 5.91 Å². The summed E-state index contributed by atoms with van der Waals surface area (Å²) in [6.07, 6.45) is 6.06. The topological polar surface area (TPSA) is 58.6 Å². The van der Waals surface area contributed by atoms with Gasteiger partial charge in [0.05, 0.1) is 13.2 Å². The minimum atomic E-state index is 0.0360. The molecule has 1 unspecified atom stereocenters. The van der Waals surface area contributed by atoms with Crippen LogP contribution in [0.4, 0.5) is 0 Å². The average molecular weight is 380 g/mol. The summed E-state index contributed by atoms with van der Waals surface area (Å²) in [6, 6.07) is 8.29. The van der Waals surface area contributed by atoms with Gasteiger partial charge in [0.2, 0.25) is 5.91 Å². The molecule has 6 nitrogen and oxygen atoms in total. The van der Waals surface area contributed by atoms with Crippen molar-refractivity contribution in [1.82, 2.24) is 19.8 Å². The standard InChI is InChI=1S/C22H28N4O2/c1-16(27)26-11-4-3-5-21(26)22-23-13-18-15-25(12-10-20(18)24-22)14-17-6-8-19(28-2)9-7-17/h6-9,13,21H,3-5,10-12,14-15H2,1-2H3. The first-order valence-corrected chi connectivity index (χ1v) is 10.1. The van der Waals surface area contributed by atoms with Crippen LogP contribution in [-0.2, 0) is 24.3 Å². The number of piperidine rings is 1. The molecule has 2 aliphatic rings. The molecule has 1 amide bonds. The van der Waals surface area contributed by atoms with E-state index in [-0.39, 0.29) is 11.9 Å². The zero-order valence-electron chi connectivity index (χ0n) is 16.7. The van der Waals surface area contributed by atoms with Crippen molar-refractivity contribution in [1.29, 1.82) is 0 Å². The van der Waals surface area contributed by atoms with Gasteiger partial charge in [0.15, 0.2) is 5.82 Å². The Balaban J connectivity index is 1.45. The van der Waals surface area contributed by atoms with Gasteiger partial charge in [-0.2, -0.15) is 0 Å². The molecule has 0 aliphatic carbocycles. The zero-order valence-corrected chi connectivity index (χ0v) is 16.7. The van der Waals surface area contributed by atoms with Crippen LogP contribution in [0.3, 0.4) is 0 Å². The van der Waals surface area contributed by atoms with Crippen LogP contribution in [0.5, 0.6) is 5.75 Å². The monoisotopic (exact) mass is 380 g/mol. The fraction of sp³-hybridized carbons (Fsp3) is 0.500. The summed E-state index contributed by atoms with van der Waals surface area (Å²) in [6.45, 7) is 5.22. The largest absolute Gasteiger partial charge is 0.497 e. The summed E-state index contributed by atoms with van der Waals surface area (Å²) < 4.78 is 5.23. The molecule has 4 rings (SSSR count). The number of ether oxygens (including phenoxy) is 1. The molecule has 148 valence electrons. The molecular formula is C22H28N4O2. The smallest absolute Gasteiger partial charge is 0.220 e. The number of carbonyl (C=O) groups excluding carboxylic acids is 1. The fourth-order valence-corrected chi connectivity index (χ4v) is 4.25. The molecule has 0 N–H and O–H groups in total. The molecule has 0 radical (unpaired) electrons. The molecule has 1 aromatic heterocycles. The van der Waals surface area contributed by atoms with E-state index in [4.69, 9.17) is 9.72 Å². The Hall–Kier alpha value is -2.47. The summed E-state index contributed by atoms with van der Waals surface area (Å²) in [7, 11) is 1.69. The molecule has 0 saturated carbocycles. The first kappa shape index (κ1) is 18.9. The number of benzene rings is 1. The van der Waals surface area contributed by atoms with Crippen LogP contribution in [0.2, 0.25) is 0 Å². The maximum absolute atomic E-state index is 12.0. The van der Waals surface area contributed by atoms with Gasteiger partial charge < -0.3 is 9.64 Å². The second-order valence-corrected chi connectivity index (χ2v) is 7.73. The molecule has 0 bridgehead atoms. The highest BCUT2D eigenvalue weighted by atomic mass is 16.5. The number of rotatable bonds is 4. The minimum absolute atomic E-state index is 0.0360. The molecule has 0 spiro atoms. The van der Waals surface area contributed by atoms with Crippen molar-refractivity contribution in [3.63, 3.8) is 0 Å². The summed E-state index contributed by atoms with van der Waals surface area (Å²) >= 11 is 0. The molecule has 1 aromatic carbocycles. The van der Waals surface area contributed by atoms with Gasteiger partial charge in [-0.3, -0.25) is 9.69 Å². The van der Waals surface area contributed by atoms with Crippen molar-refractivity contribution in [2.24, 2.45) is 0 Å². The highest BCUT2D eigenvalue weighted by molar-refractivity contribution is 5.73. The lowest BCUT2D eigenvalue weighted by molar-refractivity contribution is -0.132. The SMILES string of the molecule is COc1ccc(CN2CCc3nc(C4CCCCN4C(C)=O)ncc3C2)cc1. The lowest BCUT2D eigenvalue weighted by Crippen LogP contribution is -2.38. The zero-order chi connectivity index (χ0) is 19.5. The van der Waals surface area contributed by atoms with Crippen LogP contribution in [0, 0.1) is 0 Å². The van der Waals surface area contributed by atoms with Gasteiger partial charge in [0.1, 0.15) is 5.75 Å². The van der Waals surface area contributed by atoms with E-state index in [1.165, 1.54) is 11.1 Å². The number of hydrogen-bond acceptors (Lipinski definition) is 5. The molecule has 1 fully saturated rings. The molecule has 1 atom stereocenters. The number of likely N-dealkylation sites (tertiary alicyclic amines) is 1. The van der Waals surface area contributed by atoms with E-state index in [0.717, 1.165) is 69.1 Å². The van der Waals surface area contributed by atoms with E-state index in [1.54, 1.807) is 14.0 Å². The third-order valence-electron chi connectivity index (χ3n) is 5.80. The molecule has 1 saturated heterocycles. The predicted octanol–water partition coefficient (Wildman–Crippen LogP) is 3.12. The summed E-state index contributed by atoms with van der Waals surface area (Å²) in [5.41, 5.74) is 3.62. The summed E-state index contributed by atoms with van der Waals surface area (Å²) in [4.78, 5) is 25.9. The Bertz CT molecular complexity index is 837. The molecule has 2 aliphatic heterocycles. The quantitative estimate of drug-likeness (QED) is 0.816. The van der Waals surface area contributed by atoms with E-state index in [1.807, 2.05) is 23.2 Å². The van der Waals surface area contributed by atoms with E-state index < -0.39 is 0 Å². The Morgan fingerprint density at radius 2 is 2.04 bits per heavy atom. The predicted molar refractivity (Wildman–Crippen MR) is 107 cm³/mol. The maximum Gasteiger partial charge on any atom is 0.220 e. The van der Waals surface area contributed by atoms with E-state index in [2.05, 4.69) is 22.0 Å². The second-order valence-electron chi connectivity index (χ2n) is 7.73. The molecule has 6 heteroatoms. The number of nitrogens with zero attached hydrogens (tertiary/aromatic N) is 4. The molecular weight excluding hydrogens is 352 g/mol. The second kappa shape index (κ2) is 8.27. The van der Waals surface area contributed by atoms with Crippen molar-refractivity contribution < 1.29 is 9.53 Å². The Morgan fingerprint density at radius 3 is 2.79 bits per heavy atom. The van der Waals surface area contributed by atoms with Gasteiger partial charge in [-0.05, 0) is 37.0 Å². The molecule has 2 aromatic rings. The normalized spacial score (nSPS) is 19.9. The van der Waals surface area contributed by atoms with Crippen molar-refractivity contribution in [2.45, 2.75) is 51.7 Å². The Morgan fingerprint density at radius 1 is 1.21 bits per heavy atom. The lowest BCUT2D eigenvalue weighted by Gasteiger charge is -2.35. The van der Waals surface area contributed by atoms with Crippen LogP contribution < -0.4 is 4.74 Å². The van der Waals surface area contributed by atoms with Crippen LogP contribution in [0.25, 0.3) is 0 Å². The number of methoxy groups -OCH3 is 1. The average Bonchev–Trinajstić information content (AvgIpc) is 2.74. The fourth-order valence-electron chi connectivity index (χ4n) is 4.25. The number of hydrogen-bond donors (Lipinski definition) is 0. The highest BCUT2D eigenvalue weighted by Gasteiger charge is 2.29. The van der Waals surface area contributed by atoms with Crippen LogP contribution in [0.15, 0.2) is 30.5 Å². The third kappa shape index (κ3) is 4.02. The van der Waals surface area contributed by atoms with Gasteiger partial charge in [-0.25, -0.2) is 9.97 Å². The number of carbonyl (C=O) groups is 1. The number of fused-ring (bicyclic) bond motifs is 1. The first-order chi connectivity index (χ1) is 13.6. The van der Waals surface area contributed by atoms with Crippen LogP contribution in [0.1, 0.15) is 54.9 Å². The molecule has 28 heavy (non-hydrogen) atoms. The van der Waals surface area contributed by atoms with Crippen molar-refractivity contribution in [2.75, 3.05) is 20.2 Å². The summed E-state index contributed by atoms with van der Waals surface area (Å²) in [5.74, 6) is 1.82. The third-order valence-corrected chi connectivity index (χ3v) is 5.80. The van der Waals surface area contributed by atoms with Gasteiger partial charge in [-0.1, -0.05) is 12.1 Å². The van der Waals surface area contributed by atoms with E-state index in [9.17, 15) is 4.79 Å². The van der Waals surface area contributed by atoms with Crippen LogP contribution in [-0.4, -0.2) is 45.9 Å². The van der Waals surface area contributed by atoms with Crippen molar-refractivity contribution in [3.05, 3.63) is 53.1 Å². The lowest BCUT2D eigenvalue weighted by atomic mass is 10.0. The number of aromatic nitrogens is 2. The number of amides is 1. The first-order valence-electron chi connectivity index (χ1n) is 10.1. The van der Waals surface area contributed by atoms with E-state index >= 15 is 0 Å². The molecule has 3 heterocycles. The van der Waals surface area contributed by atoms with Gasteiger partial charge in [-0.15, -0.1) is 0 Å². The Labute approximate surface area is 166 Å². The summed E-state index contributed by atoms with van der Waals surface area (Å²) in [5, 5.41) is 0. The minimum Gasteiger partial charge on any atom is -0.497 e. The van der Waals surface area contributed by atoms with Gasteiger partial charge in [0.25, 0.3) is 0 Å². The Kier molecular flexibility index (Phi) is 5.57. The van der Waals surface area contributed by atoms with Gasteiger partial charge in [0, 0.05) is 57.0 Å².